The second-order valence-electron chi connectivity index (χ2n) is 13.0. The normalized spacial score (nSPS) is 11.8. The Bertz CT molecular complexity index is 2980. The summed E-state index contributed by atoms with van der Waals surface area (Å²) >= 11 is 0. The molecule has 6 aromatic carbocycles. The van der Waals surface area contributed by atoms with Crippen molar-refractivity contribution in [2.45, 2.75) is 0 Å². The van der Waals surface area contributed by atoms with Crippen molar-refractivity contribution in [1.82, 2.24) is 9.97 Å². The van der Waals surface area contributed by atoms with Crippen LogP contribution in [0, 0.1) is 0 Å². The fourth-order valence-corrected chi connectivity index (χ4v) is 7.55. The molecule has 5 aromatic heterocycles. The Balaban J connectivity index is 1.04. The number of benzene rings is 6. The first-order valence-corrected chi connectivity index (χ1v) is 17.2. The van der Waals surface area contributed by atoms with Crippen LogP contribution in [-0.4, -0.2) is 9.97 Å². The zero-order valence-electron chi connectivity index (χ0n) is 27.7. The number of fused-ring (bicyclic) bond motifs is 9. The molecule has 0 bridgehead atoms. The summed E-state index contributed by atoms with van der Waals surface area (Å²) in [5.41, 5.74) is 12.7. The number of rotatable bonds is 5. The van der Waals surface area contributed by atoms with Crippen LogP contribution in [0.5, 0.6) is 0 Å². The van der Waals surface area contributed by atoms with Gasteiger partial charge in [0.2, 0.25) is 0 Å². The van der Waals surface area contributed by atoms with E-state index in [1.807, 2.05) is 79.1 Å². The molecule has 0 aliphatic carbocycles. The van der Waals surface area contributed by atoms with Gasteiger partial charge in [-0.05, 0) is 84.4 Å². The Labute approximate surface area is 296 Å². The van der Waals surface area contributed by atoms with Crippen LogP contribution >= 0.6 is 0 Å². The molecule has 0 N–H and O–H groups in total. The molecule has 11 aromatic rings. The number of pyridine rings is 2. The topological polar surface area (TPSA) is 68.4 Å². The minimum Gasteiger partial charge on any atom is -0.456 e. The largest absolute Gasteiger partial charge is 0.456 e. The van der Waals surface area contributed by atoms with Crippen LogP contribution in [0.2, 0.25) is 0 Å². The standard InChI is InChI=1S/C46H27N3O3/c1-5-11-40-34(7-1)36-24-26-47-43(46(36)51-40)29-15-19-31(20-16-29)49(32-21-22-42-38(27-32)35-8-2-4-10-39(35)50-42)30-17-13-28(14-18-30)33-23-25-48-44-37-9-3-6-12-41(37)52-45(33)44/h1-27H. The molecule has 244 valence electrons. The van der Waals surface area contributed by atoms with Gasteiger partial charge in [-0.25, -0.2) is 0 Å². The molecular formula is C46H27N3O3. The van der Waals surface area contributed by atoms with Gasteiger partial charge in [-0.1, -0.05) is 72.8 Å². The maximum Gasteiger partial charge on any atom is 0.161 e. The molecule has 6 nitrogen and oxygen atoms in total. The summed E-state index contributed by atoms with van der Waals surface area (Å²) in [6.45, 7) is 0. The molecule has 0 saturated carbocycles. The van der Waals surface area contributed by atoms with Gasteiger partial charge < -0.3 is 18.2 Å². The molecule has 0 fully saturated rings. The zero-order chi connectivity index (χ0) is 34.2. The Hall–Kier alpha value is -7.18. The second-order valence-corrected chi connectivity index (χ2v) is 13.0. The first kappa shape index (κ1) is 28.6. The third-order valence-corrected chi connectivity index (χ3v) is 10.0. The van der Waals surface area contributed by atoms with Crippen molar-refractivity contribution in [2.75, 3.05) is 4.90 Å². The summed E-state index contributed by atoms with van der Waals surface area (Å²) in [5, 5.41) is 5.31. The van der Waals surface area contributed by atoms with Gasteiger partial charge in [0.25, 0.3) is 0 Å². The van der Waals surface area contributed by atoms with Crippen molar-refractivity contribution in [3.63, 3.8) is 0 Å². The highest BCUT2D eigenvalue weighted by Crippen LogP contribution is 2.42. The molecule has 11 rings (SSSR count). The minimum absolute atomic E-state index is 0.786. The van der Waals surface area contributed by atoms with E-state index in [0.29, 0.717) is 0 Å². The van der Waals surface area contributed by atoms with E-state index in [2.05, 4.69) is 94.8 Å². The van der Waals surface area contributed by atoms with Crippen LogP contribution in [0.4, 0.5) is 17.1 Å². The third-order valence-electron chi connectivity index (χ3n) is 10.0. The van der Waals surface area contributed by atoms with Crippen LogP contribution in [-0.2, 0) is 0 Å². The molecule has 0 unspecified atom stereocenters. The Morgan fingerprint density at radius 3 is 1.69 bits per heavy atom. The van der Waals surface area contributed by atoms with E-state index in [4.69, 9.17) is 18.2 Å². The van der Waals surface area contributed by atoms with E-state index in [1.54, 1.807) is 0 Å². The summed E-state index contributed by atoms with van der Waals surface area (Å²) in [5.74, 6) is 0. The minimum atomic E-state index is 0.786. The predicted octanol–water partition coefficient (Wildman–Crippen LogP) is 13.0. The second kappa shape index (κ2) is 11.2. The number of hydrogen-bond acceptors (Lipinski definition) is 6. The monoisotopic (exact) mass is 669 g/mol. The third kappa shape index (κ3) is 4.38. The molecule has 0 amide bonds. The van der Waals surface area contributed by atoms with Gasteiger partial charge in [0, 0.05) is 67.5 Å². The maximum atomic E-state index is 6.32. The van der Waals surface area contributed by atoms with Gasteiger partial charge in [-0.15, -0.1) is 0 Å². The Kier molecular flexibility index (Phi) is 6.15. The van der Waals surface area contributed by atoms with E-state index in [0.717, 1.165) is 105 Å². The average molecular weight is 670 g/mol. The first-order valence-electron chi connectivity index (χ1n) is 17.2. The quantitative estimate of drug-likeness (QED) is 0.182. The van der Waals surface area contributed by atoms with Gasteiger partial charge in [0.15, 0.2) is 11.2 Å². The molecule has 6 heteroatoms. The Morgan fingerprint density at radius 1 is 0.385 bits per heavy atom. The van der Waals surface area contributed by atoms with E-state index < -0.39 is 0 Å². The van der Waals surface area contributed by atoms with Gasteiger partial charge in [0.1, 0.15) is 33.5 Å². The van der Waals surface area contributed by atoms with Crippen molar-refractivity contribution in [1.29, 1.82) is 0 Å². The highest BCUT2D eigenvalue weighted by Gasteiger charge is 2.19. The molecule has 0 aliphatic rings. The van der Waals surface area contributed by atoms with E-state index in [9.17, 15) is 0 Å². The smallest absolute Gasteiger partial charge is 0.161 e. The number of aromatic nitrogens is 2. The Morgan fingerprint density at radius 2 is 0.942 bits per heavy atom. The zero-order valence-corrected chi connectivity index (χ0v) is 27.7. The molecule has 5 heterocycles. The van der Waals surface area contributed by atoms with Crippen molar-refractivity contribution >= 4 is 83.0 Å². The van der Waals surface area contributed by atoms with Gasteiger partial charge >= 0.3 is 0 Å². The fourth-order valence-electron chi connectivity index (χ4n) is 7.55. The van der Waals surface area contributed by atoms with Gasteiger partial charge in [-0.2, -0.15) is 0 Å². The van der Waals surface area contributed by atoms with Crippen molar-refractivity contribution < 1.29 is 13.3 Å². The first-order chi connectivity index (χ1) is 25.8. The number of anilines is 3. The van der Waals surface area contributed by atoms with Gasteiger partial charge in [0.05, 0.1) is 0 Å². The molecule has 0 spiro atoms. The van der Waals surface area contributed by atoms with Crippen LogP contribution in [0.1, 0.15) is 0 Å². The molecule has 0 saturated heterocycles. The lowest BCUT2D eigenvalue weighted by molar-refractivity contribution is 0.668. The average Bonchev–Trinajstić information content (AvgIpc) is 3.90. The summed E-state index contributed by atoms with van der Waals surface area (Å²) < 4.78 is 18.8. The van der Waals surface area contributed by atoms with Crippen LogP contribution in [0.15, 0.2) is 177 Å². The van der Waals surface area contributed by atoms with E-state index >= 15 is 0 Å². The van der Waals surface area contributed by atoms with Crippen LogP contribution in [0.25, 0.3) is 88.3 Å². The number of para-hydroxylation sites is 3. The lowest BCUT2D eigenvalue weighted by atomic mass is 10.0. The van der Waals surface area contributed by atoms with Crippen LogP contribution < -0.4 is 4.90 Å². The highest BCUT2D eigenvalue weighted by molar-refractivity contribution is 6.10. The fraction of sp³-hybridized carbons (Fsp3) is 0. The summed E-state index contributed by atoms with van der Waals surface area (Å²) in [6.07, 6.45) is 3.71. The number of nitrogens with zero attached hydrogens (tertiary/aromatic N) is 3. The van der Waals surface area contributed by atoms with E-state index in [1.165, 1.54) is 0 Å². The van der Waals surface area contributed by atoms with Crippen molar-refractivity contribution in [2.24, 2.45) is 0 Å². The molecular weight excluding hydrogens is 643 g/mol. The number of hydrogen-bond donors (Lipinski definition) is 0. The molecule has 0 atom stereocenters. The lowest BCUT2D eigenvalue weighted by Gasteiger charge is -2.26. The molecule has 0 aliphatic heterocycles. The van der Waals surface area contributed by atoms with Crippen LogP contribution in [0.3, 0.4) is 0 Å². The number of furan rings is 3. The SMILES string of the molecule is c1ccc2c(c1)oc1ccc(N(c3ccc(-c4nccc5c4oc4ccccc45)cc3)c3ccc(-c4ccnc5c4oc4ccccc45)cc3)cc12. The predicted molar refractivity (Wildman–Crippen MR) is 209 cm³/mol. The maximum absolute atomic E-state index is 6.32. The van der Waals surface area contributed by atoms with Gasteiger partial charge in [-0.3, -0.25) is 9.97 Å². The summed E-state index contributed by atoms with van der Waals surface area (Å²) in [6, 6.07) is 51.9. The van der Waals surface area contributed by atoms with E-state index in [-0.39, 0.29) is 0 Å². The lowest BCUT2D eigenvalue weighted by Crippen LogP contribution is -2.09. The summed E-state index contributed by atoms with van der Waals surface area (Å²) in [7, 11) is 0. The van der Waals surface area contributed by atoms with Crippen molar-refractivity contribution in [3.05, 3.63) is 164 Å². The molecule has 52 heavy (non-hydrogen) atoms. The van der Waals surface area contributed by atoms with Crippen molar-refractivity contribution in [3.8, 4) is 22.4 Å². The molecule has 0 radical (unpaired) electrons. The summed E-state index contributed by atoms with van der Waals surface area (Å²) in [4.78, 5) is 11.7. The highest BCUT2D eigenvalue weighted by atomic mass is 16.3.